The smallest absolute Gasteiger partial charge is 0.140 e. The normalized spacial score (nSPS) is 9.04. The second-order valence-electron chi connectivity index (χ2n) is 4.36. The lowest BCUT2D eigenvalue weighted by molar-refractivity contribution is 0.0542. The molecular formula is C17H14N4O3. The predicted octanol–water partition coefficient (Wildman–Crippen LogP) is 0.124. The Hall–Kier alpha value is -3.36. The number of rotatable bonds is 7. The Morgan fingerprint density at radius 1 is 0.875 bits per heavy atom. The van der Waals surface area contributed by atoms with Crippen molar-refractivity contribution in [1.82, 2.24) is 0 Å². The topological polar surface area (TPSA) is 123 Å². The van der Waals surface area contributed by atoms with Crippen molar-refractivity contribution >= 4 is 11.1 Å². The minimum absolute atomic E-state index is 0.0850. The zero-order chi connectivity index (χ0) is 17.8. The standard InChI is InChI=1S/C17H14N4O3/c1-22-4-5-23-6-7-24-17-8-13(14(9-18)10-19)2-3-16(17)15(11-20)12-21/h2-3,8H,4-7H2,1H3. The highest BCUT2D eigenvalue weighted by molar-refractivity contribution is 5.75. The molecule has 0 aliphatic heterocycles. The molecule has 24 heavy (non-hydrogen) atoms. The summed E-state index contributed by atoms with van der Waals surface area (Å²) in [6.45, 7) is 1.35. The lowest BCUT2D eigenvalue weighted by Crippen LogP contribution is -2.19. The van der Waals surface area contributed by atoms with Crippen LogP contribution in [0.4, 0.5) is 0 Å². The molecule has 0 fully saturated rings. The van der Waals surface area contributed by atoms with Gasteiger partial charge in [-0.05, 0) is 12.1 Å². The Bertz CT molecular complexity index is 832. The Morgan fingerprint density at radius 3 is 2.08 bits per heavy atom. The fourth-order valence-electron chi connectivity index (χ4n) is 1.76. The number of methoxy groups -OCH3 is 1. The lowest BCUT2D eigenvalue weighted by atomic mass is 10.1. The molecule has 0 saturated heterocycles. The van der Waals surface area contributed by atoms with E-state index in [1.165, 1.54) is 18.2 Å². The summed E-state index contributed by atoms with van der Waals surface area (Å²) in [5.74, 6) is 0.240. The summed E-state index contributed by atoms with van der Waals surface area (Å²) in [6.07, 6.45) is 0. The molecule has 0 saturated carbocycles. The van der Waals surface area contributed by atoms with Crippen molar-refractivity contribution in [3.8, 4) is 30.0 Å². The van der Waals surface area contributed by atoms with E-state index in [1.807, 2.05) is 0 Å². The van der Waals surface area contributed by atoms with E-state index in [9.17, 15) is 0 Å². The van der Waals surface area contributed by atoms with E-state index in [0.717, 1.165) is 0 Å². The van der Waals surface area contributed by atoms with Crippen molar-refractivity contribution < 1.29 is 14.2 Å². The summed E-state index contributed by atoms with van der Waals surface area (Å²) in [5, 5.41) is 36.6. The average Bonchev–Trinajstić information content (AvgIpc) is 2.61. The van der Waals surface area contributed by atoms with E-state index in [1.54, 1.807) is 31.4 Å². The van der Waals surface area contributed by atoms with Crippen LogP contribution < -0.4 is 15.2 Å². The molecule has 0 heterocycles. The van der Waals surface area contributed by atoms with Crippen LogP contribution in [0.15, 0.2) is 18.2 Å². The van der Waals surface area contributed by atoms with Crippen LogP contribution in [-0.4, -0.2) is 33.5 Å². The maximum absolute atomic E-state index is 9.03. The molecule has 0 spiro atoms. The second kappa shape index (κ2) is 10.4. The van der Waals surface area contributed by atoms with Crippen LogP contribution in [0.3, 0.4) is 0 Å². The van der Waals surface area contributed by atoms with E-state index in [4.69, 9.17) is 35.3 Å². The minimum Gasteiger partial charge on any atom is -0.490 e. The Kier molecular flexibility index (Phi) is 8.08. The van der Waals surface area contributed by atoms with E-state index in [0.29, 0.717) is 23.7 Å². The summed E-state index contributed by atoms with van der Waals surface area (Å²) in [4.78, 5) is 0. The molecule has 0 unspecified atom stereocenters. The first-order valence-corrected chi connectivity index (χ1v) is 6.90. The SMILES string of the molecule is COCCOCCOc1cc(=C(C#N)C#N)ccc1=C(C#N)C#N. The van der Waals surface area contributed by atoms with E-state index >= 15 is 0 Å². The van der Waals surface area contributed by atoms with E-state index < -0.39 is 0 Å². The zero-order valence-electron chi connectivity index (χ0n) is 13.1. The van der Waals surface area contributed by atoms with Crippen LogP contribution in [0.1, 0.15) is 0 Å². The van der Waals surface area contributed by atoms with Crippen molar-refractivity contribution in [3.63, 3.8) is 0 Å². The highest BCUT2D eigenvalue weighted by atomic mass is 16.5. The fraction of sp³-hybridized carbons (Fsp3) is 0.294. The van der Waals surface area contributed by atoms with Gasteiger partial charge in [-0.25, -0.2) is 0 Å². The Morgan fingerprint density at radius 2 is 1.50 bits per heavy atom. The third-order valence-electron chi connectivity index (χ3n) is 2.90. The first kappa shape index (κ1) is 18.7. The van der Waals surface area contributed by atoms with Gasteiger partial charge in [0, 0.05) is 17.5 Å². The molecule has 1 aromatic rings. The molecule has 1 rings (SSSR count). The molecule has 120 valence electrons. The van der Waals surface area contributed by atoms with Crippen LogP contribution in [0.2, 0.25) is 0 Å². The Labute approximate surface area is 139 Å². The summed E-state index contributed by atoms with van der Waals surface area (Å²) >= 11 is 0. The third kappa shape index (κ3) is 5.13. The quantitative estimate of drug-likeness (QED) is 0.653. The van der Waals surface area contributed by atoms with Gasteiger partial charge in [-0.2, -0.15) is 21.0 Å². The summed E-state index contributed by atoms with van der Waals surface area (Å²) in [5.41, 5.74) is -0.203. The number of benzene rings is 1. The fourth-order valence-corrected chi connectivity index (χ4v) is 1.76. The molecule has 0 N–H and O–H groups in total. The minimum atomic E-state index is -0.118. The van der Waals surface area contributed by atoms with Crippen molar-refractivity contribution in [2.45, 2.75) is 0 Å². The second-order valence-corrected chi connectivity index (χ2v) is 4.36. The van der Waals surface area contributed by atoms with Crippen LogP contribution in [0.25, 0.3) is 11.1 Å². The maximum Gasteiger partial charge on any atom is 0.140 e. The van der Waals surface area contributed by atoms with Crippen LogP contribution in [0, 0.1) is 45.3 Å². The molecule has 7 nitrogen and oxygen atoms in total. The zero-order valence-corrected chi connectivity index (χ0v) is 13.1. The van der Waals surface area contributed by atoms with Gasteiger partial charge in [0.05, 0.1) is 19.8 Å². The summed E-state index contributed by atoms with van der Waals surface area (Å²) in [6, 6.07) is 11.6. The first-order valence-electron chi connectivity index (χ1n) is 6.90. The van der Waals surface area contributed by atoms with E-state index in [-0.39, 0.29) is 30.1 Å². The van der Waals surface area contributed by atoms with Crippen molar-refractivity contribution in [2.75, 3.05) is 33.5 Å². The number of hydrogen-bond acceptors (Lipinski definition) is 7. The highest BCUT2D eigenvalue weighted by Crippen LogP contribution is 2.03. The molecule has 0 atom stereocenters. The van der Waals surface area contributed by atoms with Gasteiger partial charge in [-0.15, -0.1) is 0 Å². The predicted molar refractivity (Wildman–Crippen MR) is 83.2 cm³/mol. The molecule has 0 aliphatic rings. The molecule has 7 heteroatoms. The Balaban J connectivity index is 3.18. The van der Waals surface area contributed by atoms with Gasteiger partial charge in [0.1, 0.15) is 47.8 Å². The number of nitrogens with zero attached hydrogens (tertiary/aromatic N) is 4. The number of nitriles is 4. The summed E-state index contributed by atoms with van der Waals surface area (Å²) in [7, 11) is 1.57. The van der Waals surface area contributed by atoms with Gasteiger partial charge in [0.25, 0.3) is 0 Å². The van der Waals surface area contributed by atoms with Crippen LogP contribution in [0.5, 0.6) is 5.75 Å². The van der Waals surface area contributed by atoms with Crippen LogP contribution in [-0.2, 0) is 9.47 Å². The van der Waals surface area contributed by atoms with Crippen molar-refractivity contribution in [1.29, 1.82) is 21.0 Å². The monoisotopic (exact) mass is 322 g/mol. The van der Waals surface area contributed by atoms with Gasteiger partial charge in [0.2, 0.25) is 0 Å². The number of ether oxygens (including phenoxy) is 3. The van der Waals surface area contributed by atoms with Gasteiger partial charge in [-0.3, -0.25) is 0 Å². The highest BCUT2D eigenvalue weighted by Gasteiger charge is 2.05. The maximum atomic E-state index is 9.03. The van der Waals surface area contributed by atoms with Crippen LogP contribution >= 0.6 is 0 Å². The average molecular weight is 322 g/mol. The molecule has 1 aromatic carbocycles. The van der Waals surface area contributed by atoms with Crippen molar-refractivity contribution in [3.05, 3.63) is 28.6 Å². The van der Waals surface area contributed by atoms with Gasteiger partial charge < -0.3 is 14.2 Å². The third-order valence-corrected chi connectivity index (χ3v) is 2.90. The van der Waals surface area contributed by atoms with Gasteiger partial charge >= 0.3 is 0 Å². The summed E-state index contributed by atoms with van der Waals surface area (Å²) < 4.78 is 15.7. The molecule has 0 amide bonds. The molecule has 0 aromatic heterocycles. The first-order chi connectivity index (χ1) is 11.7. The van der Waals surface area contributed by atoms with Crippen molar-refractivity contribution in [2.24, 2.45) is 0 Å². The lowest BCUT2D eigenvalue weighted by Gasteiger charge is -2.08. The van der Waals surface area contributed by atoms with Gasteiger partial charge in [-0.1, -0.05) is 6.07 Å². The molecule has 0 aliphatic carbocycles. The van der Waals surface area contributed by atoms with Gasteiger partial charge in [0.15, 0.2) is 0 Å². The molecule has 0 bridgehead atoms. The molecular weight excluding hydrogens is 308 g/mol. The number of hydrogen-bond donors (Lipinski definition) is 0. The molecule has 0 radical (unpaired) electrons. The largest absolute Gasteiger partial charge is 0.490 e. The van der Waals surface area contributed by atoms with E-state index in [2.05, 4.69) is 0 Å².